The molecule has 3 heterocycles. The minimum atomic E-state index is 0. The van der Waals surface area contributed by atoms with Crippen LogP contribution >= 0.6 is 12.4 Å². The Labute approximate surface area is 128 Å². The molecule has 3 rings (SSSR count). The van der Waals surface area contributed by atoms with Gasteiger partial charge in [0.2, 0.25) is 0 Å². The molecule has 1 aromatic heterocycles. The smallest absolute Gasteiger partial charge is 0.0372 e. The van der Waals surface area contributed by atoms with Gasteiger partial charge in [-0.1, -0.05) is 6.07 Å². The molecule has 0 amide bonds. The van der Waals surface area contributed by atoms with Gasteiger partial charge in [-0.2, -0.15) is 0 Å². The van der Waals surface area contributed by atoms with Gasteiger partial charge >= 0.3 is 0 Å². The Kier molecular flexibility index (Phi) is 5.82. The third kappa shape index (κ3) is 3.94. The summed E-state index contributed by atoms with van der Waals surface area (Å²) >= 11 is 0. The summed E-state index contributed by atoms with van der Waals surface area (Å²) in [5.74, 6) is 0.912. The Morgan fingerprint density at radius 2 is 2.05 bits per heavy atom. The predicted molar refractivity (Wildman–Crippen MR) is 85.2 cm³/mol. The molecule has 2 aliphatic rings. The van der Waals surface area contributed by atoms with Crippen molar-refractivity contribution in [2.45, 2.75) is 45.2 Å². The van der Waals surface area contributed by atoms with Crippen LogP contribution in [0.25, 0.3) is 0 Å². The van der Waals surface area contributed by atoms with E-state index < -0.39 is 0 Å². The second-order valence-electron chi connectivity index (χ2n) is 6.12. The quantitative estimate of drug-likeness (QED) is 0.929. The highest BCUT2D eigenvalue weighted by Crippen LogP contribution is 2.26. The van der Waals surface area contributed by atoms with Crippen molar-refractivity contribution in [1.82, 2.24) is 15.2 Å². The Bertz CT molecular complexity index is 393. The number of hydrogen-bond acceptors (Lipinski definition) is 3. The van der Waals surface area contributed by atoms with Gasteiger partial charge in [-0.25, -0.2) is 0 Å². The first-order chi connectivity index (χ1) is 9.31. The fourth-order valence-corrected chi connectivity index (χ4v) is 3.48. The SMILES string of the molecule is Cc1ccc(CN2CCC(C3CCCN3)CC2)cn1.Cl. The van der Waals surface area contributed by atoms with E-state index in [2.05, 4.69) is 27.3 Å². The highest BCUT2D eigenvalue weighted by molar-refractivity contribution is 5.85. The van der Waals surface area contributed by atoms with Gasteiger partial charge in [-0.05, 0) is 69.8 Å². The summed E-state index contributed by atoms with van der Waals surface area (Å²) in [5.41, 5.74) is 2.46. The fourth-order valence-electron chi connectivity index (χ4n) is 3.48. The summed E-state index contributed by atoms with van der Waals surface area (Å²) in [6.45, 7) is 6.84. The minimum absolute atomic E-state index is 0. The van der Waals surface area contributed by atoms with Crippen LogP contribution in [-0.2, 0) is 6.54 Å². The number of pyridine rings is 1. The average molecular weight is 296 g/mol. The number of nitrogens with one attached hydrogen (secondary N) is 1. The van der Waals surface area contributed by atoms with E-state index in [1.54, 1.807) is 0 Å². The Hall–Kier alpha value is -0.640. The number of hydrogen-bond donors (Lipinski definition) is 1. The minimum Gasteiger partial charge on any atom is -0.314 e. The summed E-state index contributed by atoms with van der Waals surface area (Å²) in [5, 5.41) is 3.67. The van der Waals surface area contributed by atoms with E-state index in [9.17, 15) is 0 Å². The van der Waals surface area contributed by atoms with Crippen molar-refractivity contribution in [3.05, 3.63) is 29.6 Å². The number of rotatable bonds is 3. The summed E-state index contributed by atoms with van der Waals surface area (Å²) < 4.78 is 0. The second-order valence-corrected chi connectivity index (χ2v) is 6.12. The van der Waals surface area contributed by atoms with Gasteiger partial charge < -0.3 is 5.32 Å². The van der Waals surface area contributed by atoms with Gasteiger partial charge in [-0.3, -0.25) is 9.88 Å². The first kappa shape index (κ1) is 15.7. The molecular formula is C16H26ClN3. The third-order valence-corrected chi connectivity index (χ3v) is 4.68. The van der Waals surface area contributed by atoms with Crippen molar-refractivity contribution in [3.63, 3.8) is 0 Å². The molecule has 2 aliphatic heterocycles. The largest absolute Gasteiger partial charge is 0.314 e. The van der Waals surface area contributed by atoms with Crippen LogP contribution in [-0.4, -0.2) is 35.6 Å². The van der Waals surface area contributed by atoms with Crippen molar-refractivity contribution in [2.24, 2.45) is 5.92 Å². The molecule has 0 bridgehead atoms. The molecule has 4 heteroatoms. The number of nitrogens with zero attached hydrogens (tertiary/aromatic N) is 2. The zero-order valence-corrected chi connectivity index (χ0v) is 13.2. The van der Waals surface area contributed by atoms with E-state index in [0.717, 1.165) is 24.2 Å². The predicted octanol–water partition coefficient (Wildman–Crippen LogP) is 2.78. The van der Waals surface area contributed by atoms with Crippen molar-refractivity contribution in [3.8, 4) is 0 Å². The van der Waals surface area contributed by atoms with Gasteiger partial charge in [0, 0.05) is 24.5 Å². The van der Waals surface area contributed by atoms with E-state index >= 15 is 0 Å². The Morgan fingerprint density at radius 3 is 2.65 bits per heavy atom. The first-order valence-corrected chi connectivity index (χ1v) is 7.68. The first-order valence-electron chi connectivity index (χ1n) is 7.68. The Morgan fingerprint density at radius 1 is 1.25 bits per heavy atom. The highest BCUT2D eigenvalue weighted by Gasteiger charge is 2.28. The summed E-state index contributed by atoms with van der Waals surface area (Å²) in [6.07, 6.45) is 7.51. The molecule has 2 saturated heterocycles. The number of piperidine rings is 1. The van der Waals surface area contributed by atoms with Crippen LogP contribution < -0.4 is 5.32 Å². The summed E-state index contributed by atoms with van der Waals surface area (Å²) in [6, 6.07) is 5.14. The van der Waals surface area contributed by atoms with Gasteiger partial charge in [0.1, 0.15) is 0 Å². The standard InChI is InChI=1S/C16H25N3.ClH/c1-13-4-5-14(11-18-13)12-19-9-6-15(7-10-19)16-3-2-8-17-16;/h4-5,11,15-17H,2-3,6-10,12H2,1H3;1H. The van der Waals surface area contributed by atoms with Crippen molar-refractivity contribution < 1.29 is 0 Å². The molecule has 0 spiro atoms. The third-order valence-electron chi connectivity index (χ3n) is 4.68. The maximum absolute atomic E-state index is 4.39. The number of aromatic nitrogens is 1. The summed E-state index contributed by atoms with van der Waals surface area (Å²) in [7, 11) is 0. The van der Waals surface area contributed by atoms with Crippen LogP contribution in [0.4, 0.5) is 0 Å². The lowest BCUT2D eigenvalue weighted by Gasteiger charge is -2.34. The fraction of sp³-hybridized carbons (Fsp3) is 0.688. The normalized spacial score (nSPS) is 24.6. The van der Waals surface area contributed by atoms with Gasteiger partial charge in [0.25, 0.3) is 0 Å². The van der Waals surface area contributed by atoms with Crippen LogP contribution in [0.3, 0.4) is 0 Å². The van der Waals surface area contributed by atoms with E-state index in [-0.39, 0.29) is 12.4 Å². The zero-order valence-electron chi connectivity index (χ0n) is 12.3. The van der Waals surface area contributed by atoms with E-state index in [0.29, 0.717) is 0 Å². The molecule has 2 fully saturated rings. The average Bonchev–Trinajstić information content (AvgIpc) is 2.96. The van der Waals surface area contributed by atoms with Gasteiger partial charge in [0.05, 0.1) is 0 Å². The van der Waals surface area contributed by atoms with Gasteiger partial charge in [-0.15, -0.1) is 12.4 Å². The van der Waals surface area contributed by atoms with E-state index in [1.165, 1.54) is 50.9 Å². The molecule has 20 heavy (non-hydrogen) atoms. The zero-order chi connectivity index (χ0) is 13.1. The number of aryl methyl sites for hydroxylation is 1. The maximum Gasteiger partial charge on any atom is 0.0372 e. The molecule has 3 nitrogen and oxygen atoms in total. The van der Waals surface area contributed by atoms with Crippen LogP contribution in [0.2, 0.25) is 0 Å². The van der Waals surface area contributed by atoms with Crippen LogP contribution in [0.5, 0.6) is 0 Å². The van der Waals surface area contributed by atoms with Crippen molar-refractivity contribution in [1.29, 1.82) is 0 Å². The maximum atomic E-state index is 4.39. The molecular weight excluding hydrogens is 270 g/mol. The second kappa shape index (κ2) is 7.39. The van der Waals surface area contributed by atoms with Crippen molar-refractivity contribution >= 4 is 12.4 Å². The monoisotopic (exact) mass is 295 g/mol. The van der Waals surface area contributed by atoms with Crippen molar-refractivity contribution in [2.75, 3.05) is 19.6 Å². The van der Waals surface area contributed by atoms with Crippen LogP contribution in [0.15, 0.2) is 18.3 Å². The topological polar surface area (TPSA) is 28.2 Å². The van der Waals surface area contributed by atoms with E-state index in [1.807, 2.05) is 13.1 Å². The number of halogens is 1. The molecule has 0 saturated carbocycles. The lowest BCUT2D eigenvalue weighted by Crippen LogP contribution is -2.40. The van der Waals surface area contributed by atoms with E-state index in [4.69, 9.17) is 0 Å². The molecule has 0 aliphatic carbocycles. The highest BCUT2D eigenvalue weighted by atomic mass is 35.5. The molecule has 0 aromatic carbocycles. The molecule has 1 unspecified atom stereocenters. The molecule has 1 aromatic rings. The number of likely N-dealkylation sites (tertiary alicyclic amines) is 1. The lowest BCUT2D eigenvalue weighted by atomic mass is 9.88. The van der Waals surface area contributed by atoms with Crippen LogP contribution in [0.1, 0.15) is 36.9 Å². The summed E-state index contributed by atoms with van der Waals surface area (Å²) in [4.78, 5) is 6.97. The molecule has 1 N–H and O–H groups in total. The molecule has 0 radical (unpaired) electrons. The van der Waals surface area contributed by atoms with Crippen LogP contribution in [0, 0.1) is 12.8 Å². The molecule has 1 atom stereocenters. The lowest BCUT2D eigenvalue weighted by molar-refractivity contribution is 0.157. The van der Waals surface area contributed by atoms with Gasteiger partial charge in [0.15, 0.2) is 0 Å². The Balaban J connectivity index is 0.00000147. The molecule has 112 valence electrons.